The number of ether oxygens (including phenoxy) is 1. The van der Waals surface area contributed by atoms with Gasteiger partial charge in [0.1, 0.15) is 5.75 Å². The van der Waals surface area contributed by atoms with E-state index in [0.717, 1.165) is 0 Å². The molecular weight excluding hydrogens is 243 g/mol. The molecule has 0 radical (unpaired) electrons. The number of benzene rings is 1. The van der Waals surface area contributed by atoms with E-state index in [1.54, 1.807) is 12.1 Å². The van der Waals surface area contributed by atoms with Crippen LogP contribution in [0.25, 0.3) is 0 Å². The minimum atomic E-state index is -4.38. The van der Waals surface area contributed by atoms with Gasteiger partial charge < -0.3 is 10.5 Å². The number of rotatable bonds is 4. The van der Waals surface area contributed by atoms with E-state index in [4.69, 9.17) is 17.3 Å². The Labute approximate surface area is 96.1 Å². The summed E-state index contributed by atoms with van der Waals surface area (Å²) in [5, 5.41) is 0.162. The van der Waals surface area contributed by atoms with Gasteiger partial charge in [0.05, 0.1) is 5.02 Å². The molecule has 1 aromatic carbocycles. The number of halogens is 4. The molecule has 0 aliphatic heterocycles. The summed E-state index contributed by atoms with van der Waals surface area (Å²) in [6.45, 7) is -1.03. The Kier molecular flexibility index (Phi) is 4.44. The van der Waals surface area contributed by atoms with Crippen LogP contribution in [0.15, 0.2) is 18.2 Å². The second kappa shape index (κ2) is 5.41. The van der Waals surface area contributed by atoms with Crippen molar-refractivity contribution in [2.24, 2.45) is 5.73 Å². The molecule has 0 heterocycles. The lowest BCUT2D eigenvalue weighted by Gasteiger charge is -2.14. The van der Waals surface area contributed by atoms with Crippen molar-refractivity contribution in [1.29, 1.82) is 0 Å². The third kappa shape index (κ3) is 3.90. The smallest absolute Gasteiger partial charge is 0.422 e. The van der Waals surface area contributed by atoms with Crippen molar-refractivity contribution in [2.45, 2.75) is 12.6 Å². The van der Waals surface area contributed by atoms with E-state index in [2.05, 4.69) is 4.74 Å². The SMILES string of the molecule is NCCc1cccc(Cl)c1OCC(F)(F)F. The van der Waals surface area contributed by atoms with Crippen molar-refractivity contribution < 1.29 is 17.9 Å². The molecule has 0 aliphatic carbocycles. The summed E-state index contributed by atoms with van der Waals surface area (Å²) in [5.41, 5.74) is 5.92. The van der Waals surface area contributed by atoms with Crippen LogP contribution >= 0.6 is 11.6 Å². The van der Waals surface area contributed by atoms with Crippen LogP contribution in [0.2, 0.25) is 5.02 Å². The first-order valence-electron chi connectivity index (χ1n) is 4.61. The molecule has 90 valence electrons. The van der Waals surface area contributed by atoms with Crippen LogP contribution in [0.3, 0.4) is 0 Å². The van der Waals surface area contributed by atoms with Crippen LogP contribution in [0, 0.1) is 0 Å². The van der Waals surface area contributed by atoms with Gasteiger partial charge in [-0.25, -0.2) is 0 Å². The first-order chi connectivity index (χ1) is 7.44. The summed E-state index contributed by atoms with van der Waals surface area (Å²) in [5.74, 6) is 0.0620. The lowest BCUT2D eigenvalue weighted by molar-refractivity contribution is -0.153. The summed E-state index contributed by atoms with van der Waals surface area (Å²) in [6.07, 6.45) is -3.95. The molecule has 6 heteroatoms. The lowest BCUT2D eigenvalue weighted by Crippen LogP contribution is -2.20. The predicted octanol–water partition coefficient (Wildman–Crippen LogP) is 2.78. The van der Waals surface area contributed by atoms with Gasteiger partial charge >= 0.3 is 6.18 Å². The Bertz CT molecular complexity index is 354. The van der Waals surface area contributed by atoms with Gasteiger partial charge in [0.2, 0.25) is 0 Å². The van der Waals surface area contributed by atoms with Crippen molar-refractivity contribution in [3.05, 3.63) is 28.8 Å². The molecule has 0 aromatic heterocycles. The van der Waals surface area contributed by atoms with Crippen molar-refractivity contribution in [1.82, 2.24) is 0 Å². The zero-order valence-corrected chi connectivity index (χ0v) is 9.11. The highest BCUT2D eigenvalue weighted by Gasteiger charge is 2.29. The molecule has 0 fully saturated rings. The fourth-order valence-corrected chi connectivity index (χ4v) is 1.47. The average Bonchev–Trinajstić information content (AvgIpc) is 2.15. The van der Waals surface area contributed by atoms with E-state index in [9.17, 15) is 13.2 Å². The number of alkyl halides is 3. The molecule has 0 amide bonds. The van der Waals surface area contributed by atoms with Gasteiger partial charge in [0.25, 0.3) is 0 Å². The first-order valence-corrected chi connectivity index (χ1v) is 4.99. The van der Waals surface area contributed by atoms with Crippen molar-refractivity contribution >= 4 is 11.6 Å². The number of para-hydroxylation sites is 1. The Balaban J connectivity index is 2.84. The monoisotopic (exact) mass is 253 g/mol. The molecule has 0 spiro atoms. The molecular formula is C10H11ClF3NO. The molecule has 0 unspecified atom stereocenters. The molecule has 2 N–H and O–H groups in total. The van der Waals surface area contributed by atoms with E-state index in [-0.39, 0.29) is 10.8 Å². The maximum atomic E-state index is 12.0. The van der Waals surface area contributed by atoms with Gasteiger partial charge in [-0.3, -0.25) is 0 Å². The Morgan fingerprint density at radius 2 is 2.00 bits per heavy atom. The minimum absolute atomic E-state index is 0.0620. The standard InChI is InChI=1S/C10H11ClF3NO/c11-8-3-1-2-7(4-5-15)9(8)16-6-10(12,13)14/h1-3H,4-6,15H2. The Morgan fingerprint density at radius 3 is 2.56 bits per heavy atom. The van der Waals surface area contributed by atoms with E-state index in [1.165, 1.54) is 6.07 Å². The molecule has 1 rings (SSSR count). The highest BCUT2D eigenvalue weighted by molar-refractivity contribution is 6.32. The summed E-state index contributed by atoms with van der Waals surface area (Å²) in [6, 6.07) is 4.77. The molecule has 0 bridgehead atoms. The fraction of sp³-hybridized carbons (Fsp3) is 0.400. The molecule has 0 saturated heterocycles. The van der Waals surface area contributed by atoms with E-state index in [0.29, 0.717) is 18.5 Å². The largest absolute Gasteiger partial charge is 0.482 e. The van der Waals surface area contributed by atoms with Gasteiger partial charge in [0, 0.05) is 0 Å². The maximum absolute atomic E-state index is 12.0. The molecule has 1 aromatic rings. The van der Waals surface area contributed by atoms with Gasteiger partial charge in [-0.15, -0.1) is 0 Å². The summed E-state index contributed by atoms with van der Waals surface area (Å²) in [4.78, 5) is 0. The van der Waals surface area contributed by atoms with Crippen molar-refractivity contribution in [2.75, 3.05) is 13.2 Å². The second-order valence-corrected chi connectivity index (χ2v) is 3.58. The summed E-state index contributed by atoms with van der Waals surface area (Å²) >= 11 is 5.76. The van der Waals surface area contributed by atoms with Crippen LogP contribution in [-0.4, -0.2) is 19.3 Å². The summed E-state index contributed by atoms with van der Waals surface area (Å²) in [7, 11) is 0. The van der Waals surface area contributed by atoms with Gasteiger partial charge in [-0.2, -0.15) is 13.2 Å². The Morgan fingerprint density at radius 1 is 1.31 bits per heavy atom. The van der Waals surface area contributed by atoms with Gasteiger partial charge in [-0.1, -0.05) is 23.7 Å². The van der Waals surface area contributed by atoms with Crippen LogP contribution in [0.4, 0.5) is 13.2 Å². The molecule has 0 aliphatic rings. The number of hydrogen-bond donors (Lipinski definition) is 1. The zero-order valence-electron chi connectivity index (χ0n) is 8.35. The quantitative estimate of drug-likeness (QED) is 0.896. The number of hydrogen-bond acceptors (Lipinski definition) is 2. The topological polar surface area (TPSA) is 35.2 Å². The Hall–Kier alpha value is -0.940. The highest BCUT2D eigenvalue weighted by atomic mass is 35.5. The minimum Gasteiger partial charge on any atom is -0.482 e. The molecule has 2 nitrogen and oxygen atoms in total. The van der Waals surface area contributed by atoms with E-state index >= 15 is 0 Å². The maximum Gasteiger partial charge on any atom is 0.422 e. The third-order valence-corrected chi connectivity index (χ3v) is 2.14. The first kappa shape index (κ1) is 13.1. The van der Waals surface area contributed by atoms with Crippen LogP contribution < -0.4 is 10.5 Å². The van der Waals surface area contributed by atoms with Crippen LogP contribution in [0.5, 0.6) is 5.75 Å². The van der Waals surface area contributed by atoms with Gasteiger partial charge in [-0.05, 0) is 24.6 Å². The van der Waals surface area contributed by atoms with Crippen LogP contribution in [-0.2, 0) is 6.42 Å². The normalized spacial score (nSPS) is 11.6. The van der Waals surface area contributed by atoms with E-state index < -0.39 is 12.8 Å². The highest BCUT2D eigenvalue weighted by Crippen LogP contribution is 2.30. The van der Waals surface area contributed by atoms with Gasteiger partial charge in [0.15, 0.2) is 6.61 Å². The third-order valence-electron chi connectivity index (χ3n) is 1.84. The second-order valence-electron chi connectivity index (χ2n) is 3.17. The van der Waals surface area contributed by atoms with Crippen molar-refractivity contribution in [3.8, 4) is 5.75 Å². The summed E-state index contributed by atoms with van der Waals surface area (Å²) < 4.78 is 40.7. The number of nitrogens with two attached hydrogens (primary N) is 1. The molecule has 0 saturated carbocycles. The fourth-order valence-electron chi connectivity index (χ4n) is 1.22. The predicted molar refractivity (Wildman–Crippen MR) is 55.8 cm³/mol. The lowest BCUT2D eigenvalue weighted by atomic mass is 10.1. The molecule has 16 heavy (non-hydrogen) atoms. The van der Waals surface area contributed by atoms with Crippen molar-refractivity contribution in [3.63, 3.8) is 0 Å². The zero-order chi connectivity index (χ0) is 12.2. The average molecular weight is 254 g/mol. The van der Waals surface area contributed by atoms with Crippen LogP contribution in [0.1, 0.15) is 5.56 Å². The van der Waals surface area contributed by atoms with E-state index in [1.807, 2.05) is 0 Å². The molecule has 0 atom stereocenters.